The van der Waals surface area contributed by atoms with Crippen LogP contribution in [0.2, 0.25) is 0 Å². The van der Waals surface area contributed by atoms with Crippen molar-refractivity contribution in [3.05, 3.63) is 75.8 Å². The number of rotatable bonds is 3. The number of anilines is 6. The second kappa shape index (κ2) is 9.56. The largest absolute Gasteiger partial charge is 0.273 e. The van der Waals surface area contributed by atoms with Crippen molar-refractivity contribution in [1.82, 2.24) is 19.9 Å². The third-order valence-electron chi connectivity index (χ3n) is 5.41. The van der Waals surface area contributed by atoms with Gasteiger partial charge in [-0.05, 0) is 54.8 Å². The monoisotopic (exact) mass is 562 g/mol. The maximum absolute atomic E-state index is 9.68. The lowest BCUT2D eigenvalue weighted by molar-refractivity contribution is 0.964. The normalized spacial score (nSPS) is 11.4. The van der Waals surface area contributed by atoms with Crippen molar-refractivity contribution in [3.63, 3.8) is 0 Å². The Morgan fingerprint density at radius 1 is 0.595 bits per heavy atom. The molecule has 0 unspecified atom stereocenters. The van der Waals surface area contributed by atoms with Crippen LogP contribution >= 0.6 is 27.7 Å². The summed E-state index contributed by atoms with van der Waals surface area (Å²) in [7, 11) is 0. The highest BCUT2D eigenvalue weighted by Crippen LogP contribution is 2.51. The quantitative estimate of drug-likeness (QED) is 0.256. The van der Waals surface area contributed by atoms with Crippen molar-refractivity contribution in [2.45, 2.75) is 4.90 Å². The van der Waals surface area contributed by atoms with E-state index in [1.165, 1.54) is 0 Å². The molecular weight excluding hydrogens is 552 g/mol. The first kappa shape index (κ1) is 23.7. The predicted molar refractivity (Wildman–Crippen MR) is 139 cm³/mol. The summed E-state index contributed by atoms with van der Waals surface area (Å²) in [4.78, 5) is 22.2. The highest BCUT2D eigenvalue weighted by atomic mass is 79.9. The number of nitrogens with zero attached hydrogens (tertiary/aromatic N) is 10. The molecule has 0 N–H and O–H groups in total. The van der Waals surface area contributed by atoms with Crippen LogP contribution < -0.4 is 9.80 Å². The van der Waals surface area contributed by atoms with Gasteiger partial charge in [-0.2, -0.15) is 21.0 Å². The molecule has 1 aliphatic rings. The number of nitriles is 4. The topological polar surface area (TPSA) is 153 Å². The molecule has 0 amide bonds. The number of benzene rings is 2. The predicted octanol–water partition coefficient (Wildman–Crippen LogP) is 5.49. The summed E-state index contributed by atoms with van der Waals surface area (Å²) in [5.41, 5.74) is 0.565. The smallest absolute Gasteiger partial charge is 0.184 e. The van der Waals surface area contributed by atoms with Gasteiger partial charge in [-0.1, -0.05) is 15.9 Å². The molecule has 2 aromatic heterocycles. The van der Waals surface area contributed by atoms with E-state index in [9.17, 15) is 21.0 Å². The van der Waals surface area contributed by atoms with Crippen LogP contribution in [0.15, 0.2) is 57.9 Å². The molecule has 0 atom stereocenters. The van der Waals surface area contributed by atoms with E-state index in [2.05, 4.69) is 35.9 Å². The summed E-state index contributed by atoms with van der Waals surface area (Å²) < 4.78 is 0.830. The van der Waals surface area contributed by atoms with Gasteiger partial charge in [0.1, 0.15) is 24.3 Å². The average molecular weight is 563 g/mol. The van der Waals surface area contributed by atoms with Crippen molar-refractivity contribution < 1.29 is 0 Å². The molecule has 1 aliphatic heterocycles. The third-order valence-corrected chi connectivity index (χ3v) is 6.68. The van der Waals surface area contributed by atoms with Crippen molar-refractivity contribution in [1.29, 1.82) is 21.0 Å². The van der Waals surface area contributed by atoms with Gasteiger partial charge in [0, 0.05) is 20.7 Å². The molecule has 4 aromatic rings. The summed E-state index contributed by atoms with van der Waals surface area (Å²) in [5, 5.41) is 38.7. The molecule has 0 saturated heterocycles. The molecule has 12 heteroatoms. The molecule has 3 heterocycles. The van der Waals surface area contributed by atoms with E-state index in [4.69, 9.17) is 0 Å². The zero-order chi connectivity index (χ0) is 26.1. The summed E-state index contributed by atoms with van der Waals surface area (Å²) in [6.45, 7) is 0. The van der Waals surface area contributed by atoms with E-state index < -0.39 is 0 Å². The van der Waals surface area contributed by atoms with Crippen LogP contribution in [-0.2, 0) is 0 Å². The first-order chi connectivity index (χ1) is 18.0. The molecule has 0 spiro atoms. The Morgan fingerprint density at radius 3 is 1.22 bits per heavy atom. The summed E-state index contributed by atoms with van der Waals surface area (Å²) in [5.74, 6) is 0.848. The van der Waals surface area contributed by atoms with E-state index in [-0.39, 0.29) is 46.0 Å². The van der Waals surface area contributed by atoms with Gasteiger partial charge < -0.3 is 0 Å². The molecule has 37 heavy (non-hydrogen) atoms. The summed E-state index contributed by atoms with van der Waals surface area (Å²) in [6, 6.07) is 22.4. The lowest BCUT2D eigenvalue weighted by atomic mass is 10.2. The molecule has 0 bridgehead atoms. The maximum atomic E-state index is 9.68. The van der Waals surface area contributed by atoms with Crippen LogP contribution in [0.1, 0.15) is 22.8 Å². The molecule has 174 valence electrons. The Hall–Kier alpha value is -5.01. The van der Waals surface area contributed by atoms with Crippen molar-refractivity contribution in [2.24, 2.45) is 0 Å². The van der Waals surface area contributed by atoms with Gasteiger partial charge in [-0.15, -0.1) is 11.8 Å². The Labute approximate surface area is 223 Å². The molecule has 10 nitrogen and oxygen atoms in total. The van der Waals surface area contributed by atoms with Crippen molar-refractivity contribution >= 4 is 62.3 Å². The van der Waals surface area contributed by atoms with Crippen LogP contribution in [0.25, 0.3) is 0 Å². The Bertz CT molecular complexity index is 1640. The van der Waals surface area contributed by atoms with Gasteiger partial charge in [0.15, 0.2) is 46.0 Å². The number of aromatic nitrogens is 4. The van der Waals surface area contributed by atoms with Gasteiger partial charge in [0.25, 0.3) is 0 Å². The van der Waals surface area contributed by atoms with Gasteiger partial charge in [0.05, 0.1) is 0 Å². The SMILES string of the molecule is CSc1ccc(N2c3nc(C#N)c(C#N)nc3N(c3ccc(Br)cc3)c3nc(C#N)c(C#N)nc32)cc1. The van der Waals surface area contributed by atoms with E-state index >= 15 is 0 Å². The minimum atomic E-state index is -0.161. The second-order valence-corrected chi connectivity index (χ2v) is 9.22. The average Bonchev–Trinajstić information content (AvgIpc) is 2.95. The molecule has 0 radical (unpaired) electrons. The first-order valence-electron chi connectivity index (χ1n) is 10.5. The van der Waals surface area contributed by atoms with Crippen LogP contribution in [0.4, 0.5) is 34.6 Å². The molecule has 5 rings (SSSR count). The second-order valence-electron chi connectivity index (χ2n) is 7.43. The molecule has 0 aliphatic carbocycles. The van der Waals surface area contributed by atoms with Gasteiger partial charge in [-0.25, -0.2) is 19.9 Å². The summed E-state index contributed by atoms with van der Waals surface area (Å²) in [6.07, 6.45) is 1.96. The van der Waals surface area contributed by atoms with E-state index in [1.54, 1.807) is 33.7 Å². The molecule has 0 saturated carbocycles. The Morgan fingerprint density at radius 2 is 0.919 bits per heavy atom. The third kappa shape index (κ3) is 3.97. The first-order valence-corrected chi connectivity index (χ1v) is 12.5. The minimum absolute atomic E-state index is 0.159. The van der Waals surface area contributed by atoms with Gasteiger partial charge in [0.2, 0.25) is 0 Å². The van der Waals surface area contributed by atoms with Crippen LogP contribution in [0.5, 0.6) is 0 Å². The number of halogens is 1. The highest BCUT2D eigenvalue weighted by molar-refractivity contribution is 9.10. The van der Waals surface area contributed by atoms with Crippen molar-refractivity contribution in [3.8, 4) is 24.3 Å². The number of hydrogen-bond acceptors (Lipinski definition) is 11. The van der Waals surface area contributed by atoms with Crippen LogP contribution in [0.3, 0.4) is 0 Å². The zero-order valence-corrected chi connectivity index (χ0v) is 21.3. The standard InChI is InChI=1S/C25H11BrN10S/c1-37-17-8-6-16(7-9-17)36-24-22(31-18(10-27)20(12-29)33-24)35(15-4-2-14(26)3-5-15)23-25(36)34-21(13-30)19(11-28)32-23/h2-9H,1H3. The highest BCUT2D eigenvalue weighted by Gasteiger charge is 2.37. The Balaban J connectivity index is 1.90. The number of fused-ring (bicyclic) bond motifs is 2. The number of hydrogen-bond donors (Lipinski definition) is 0. The maximum Gasteiger partial charge on any atom is 0.184 e. The lowest BCUT2D eigenvalue weighted by Crippen LogP contribution is -2.29. The molecule has 2 aromatic carbocycles. The van der Waals surface area contributed by atoms with E-state index in [1.807, 2.05) is 66.9 Å². The zero-order valence-electron chi connectivity index (χ0n) is 18.9. The fourth-order valence-corrected chi connectivity index (χ4v) is 4.43. The van der Waals surface area contributed by atoms with Crippen molar-refractivity contribution in [2.75, 3.05) is 16.1 Å². The van der Waals surface area contributed by atoms with E-state index in [0.717, 1.165) is 9.37 Å². The minimum Gasteiger partial charge on any atom is -0.273 e. The molecule has 0 fully saturated rings. The lowest BCUT2D eigenvalue weighted by Gasteiger charge is -2.36. The van der Waals surface area contributed by atoms with Crippen LogP contribution in [0, 0.1) is 45.3 Å². The van der Waals surface area contributed by atoms with Gasteiger partial charge >= 0.3 is 0 Å². The van der Waals surface area contributed by atoms with Gasteiger partial charge in [-0.3, -0.25) is 9.80 Å². The summed E-state index contributed by atoms with van der Waals surface area (Å²) >= 11 is 5.00. The van der Waals surface area contributed by atoms with Crippen LogP contribution in [-0.4, -0.2) is 26.2 Å². The Kier molecular flexibility index (Phi) is 6.13. The molecular formula is C25H11BrN10S. The fourth-order valence-electron chi connectivity index (χ4n) is 3.76. The van der Waals surface area contributed by atoms with E-state index in [0.29, 0.717) is 11.4 Å². The fraction of sp³-hybridized carbons (Fsp3) is 0.0400. The number of thioether (sulfide) groups is 1.